The van der Waals surface area contributed by atoms with Crippen molar-refractivity contribution in [3.8, 4) is 0 Å². The maximum atomic E-state index is 13.1. The molecular formula is C25H23N5O. The lowest BCUT2D eigenvalue weighted by Crippen LogP contribution is -2.21. The summed E-state index contributed by atoms with van der Waals surface area (Å²) < 4.78 is 2.10. The zero-order valence-electron chi connectivity index (χ0n) is 17.3. The maximum absolute atomic E-state index is 13.1. The highest BCUT2D eigenvalue weighted by molar-refractivity contribution is 6.05. The highest BCUT2D eigenvalue weighted by Gasteiger charge is 2.51. The molecule has 0 radical (unpaired) electrons. The molecule has 0 saturated heterocycles. The van der Waals surface area contributed by atoms with Crippen molar-refractivity contribution in [1.82, 2.24) is 14.5 Å². The van der Waals surface area contributed by atoms with E-state index in [1.54, 1.807) is 12.3 Å². The second-order valence-electron chi connectivity index (χ2n) is 8.20. The van der Waals surface area contributed by atoms with Crippen LogP contribution in [0.5, 0.6) is 0 Å². The van der Waals surface area contributed by atoms with Gasteiger partial charge in [-0.1, -0.05) is 36.4 Å². The van der Waals surface area contributed by atoms with Crippen LogP contribution in [0.15, 0.2) is 66.9 Å². The lowest BCUT2D eigenvalue weighted by Gasteiger charge is -2.14. The third kappa shape index (κ3) is 3.30. The van der Waals surface area contributed by atoms with Crippen molar-refractivity contribution in [3.63, 3.8) is 0 Å². The van der Waals surface area contributed by atoms with Crippen LogP contribution < -0.4 is 5.73 Å². The van der Waals surface area contributed by atoms with Gasteiger partial charge in [0.15, 0.2) is 5.78 Å². The largest absolute Gasteiger partial charge is 0.384 e. The van der Waals surface area contributed by atoms with Crippen LogP contribution in [0.1, 0.15) is 45.8 Å². The Morgan fingerprint density at radius 1 is 1.13 bits per heavy atom. The molecule has 1 aliphatic carbocycles. The number of nitrogens with one attached hydrogen (secondary N) is 1. The zero-order chi connectivity index (χ0) is 21.6. The molecule has 6 heteroatoms. The number of hydrogen-bond donors (Lipinski definition) is 2. The lowest BCUT2D eigenvalue weighted by molar-refractivity contribution is 0.0941. The van der Waals surface area contributed by atoms with Crippen LogP contribution >= 0.6 is 0 Å². The molecule has 0 amide bonds. The number of hydrogen-bond acceptors (Lipinski definition) is 4. The number of carbonyl (C=O) groups is 1. The van der Waals surface area contributed by atoms with E-state index >= 15 is 0 Å². The van der Waals surface area contributed by atoms with Gasteiger partial charge in [0, 0.05) is 25.2 Å². The van der Waals surface area contributed by atoms with Crippen LogP contribution in [0.2, 0.25) is 0 Å². The number of benzene rings is 2. The molecule has 1 fully saturated rings. The lowest BCUT2D eigenvalue weighted by atomic mass is 9.89. The van der Waals surface area contributed by atoms with Gasteiger partial charge in [-0.05, 0) is 48.2 Å². The Bertz CT molecular complexity index is 1300. The molecule has 154 valence electrons. The molecule has 4 aromatic rings. The summed E-state index contributed by atoms with van der Waals surface area (Å²) in [6.07, 6.45) is 4.03. The van der Waals surface area contributed by atoms with E-state index in [4.69, 9.17) is 16.1 Å². The molecule has 0 atom stereocenters. The Hall–Kier alpha value is -3.80. The number of nitrogens with zero attached hydrogens (tertiary/aromatic N) is 3. The Labute approximate surface area is 180 Å². The van der Waals surface area contributed by atoms with Gasteiger partial charge in [-0.15, -0.1) is 0 Å². The number of imidazole rings is 1. The fraction of sp³-hybridized carbons (Fsp3) is 0.200. The summed E-state index contributed by atoms with van der Waals surface area (Å²) in [6.45, 7) is 0. The van der Waals surface area contributed by atoms with Crippen molar-refractivity contribution in [3.05, 3.63) is 95.1 Å². The first-order chi connectivity index (χ1) is 15.0. The van der Waals surface area contributed by atoms with Crippen LogP contribution in [0.4, 0.5) is 0 Å². The van der Waals surface area contributed by atoms with Crippen molar-refractivity contribution in [1.29, 1.82) is 5.41 Å². The number of fused-ring (bicyclic) bond motifs is 1. The predicted octanol–water partition coefficient (Wildman–Crippen LogP) is 3.76. The van der Waals surface area contributed by atoms with Crippen LogP contribution in [0.25, 0.3) is 11.0 Å². The van der Waals surface area contributed by atoms with Gasteiger partial charge >= 0.3 is 0 Å². The van der Waals surface area contributed by atoms with Gasteiger partial charge in [0.1, 0.15) is 17.4 Å². The summed E-state index contributed by atoms with van der Waals surface area (Å²) in [7, 11) is 2.01. The monoisotopic (exact) mass is 409 g/mol. The molecule has 31 heavy (non-hydrogen) atoms. The molecule has 6 nitrogen and oxygen atoms in total. The Morgan fingerprint density at radius 3 is 2.55 bits per heavy atom. The van der Waals surface area contributed by atoms with E-state index in [0.717, 1.165) is 40.8 Å². The van der Waals surface area contributed by atoms with Gasteiger partial charge in [0.2, 0.25) is 0 Å². The molecule has 2 aromatic heterocycles. The first-order valence-corrected chi connectivity index (χ1v) is 10.3. The van der Waals surface area contributed by atoms with Gasteiger partial charge in [0.05, 0.1) is 16.4 Å². The van der Waals surface area contributed by atoms with Crippen LogP contribution in [-0.4, -0.2) is 26.2 Å². The Morgan fingerprint density at radius 2 is 1.90 bits per heavy atom. The maximum Gasteiger partial charge on any atom is 0.191 e. The fourth-order valence-electron chi connectivity index (χ4n) is 4.20. The number of Topliss-reactive ketones (excluding diaryl/α,β-unsaturated/α-hetero) is 1. The van der Waals surface area contributed by atoms with Crippen molar-refractivity contribution in [2.24, 2.45) is 12.8 Å². The third-order valence-electron chi connectivity index (χ3n) is 6.24. The summed E-state index contributed by atoms with van der Waals surface area (Å²) in [5, 5.41) is 7.53. The molecule has 0 unspecified atom stereocenters. The molecule has 0 bridgehead atoms. The summed E-state index contributed by atoms with van der Waals surface area (Å²) in [6, 6.07) is 19.3. The van der Waals surface area contributed by atoms with E-state index in [2.05, 4.69) is 27.8 Å². The summed E-state index contributed by atoms with van der Waals surface area (Å²) in [4.78, 5) is 22.3. The smallest absolute Gasteiger partial charge is 0.191 e. The van der Waals surface area contributed by atoms with Crippen molar-refractivity contribution in [2.75, 3.05) is 0 Å². The molecule has 0 spiro atoms. The number of pyridine rings is 1. The van der Waals surface area contributed by atoms with Gasteiger partial charge in [-0.3, -0.25) is 15.2 Å². The number of aromatic nitrogens is 3. The average molecular weight is 409 g/mol. The quantitative estimate of drug-likeness (QED) is 0.288. The first kappa shape index (κ1) is 19.2. The summed E-state index contributed by atoms with van der Waals surface area (Å²) >= 11 is 0. The van der Waals surface area contributed by atoms with Gasteiger partial charge in [0.25, 0.3) is 0 Å². The van der Waals surface area contributed by atoms with E-state index in [9.17, 15) is 4.79 Å². The Balaban J connectivity index is 1.46. The van der Waals surface area contributed by atoms with Gasteiger partial charge < -0.3 is 10.3 Å². The third-order valence-corrected chi connectivity index (χ3v) is 6.24. The first-order valence-electron chi connectivity index (χ1n) is 10.3. The Kier molecular flexibility index (Phi) is 4.43. The molecule has 5 rings (SSSR count). The van der Waals surface area contributed by atoms with Crippen molar-refractivity contribution < 1.29 is 4.79 Å². The molecule has 2 heterocycles. The second kappa shape index (κ2) is 7.16. The normalized spacial score (nSPS) is 14.5. The second-order valence-corrected chi connectivity index (χ2v) is 8.20. The SMILES string of the molecule is Cn1c(Cc2ccc(C(=N)N)cc2)nc2cc(C3(C(=O)c4ccccn4)CC3)ccc21. The molecule has 0 aliphatic heterocycles. The number of rotatable bonds is 6. The summed E-state index contributed by atoms with van der Waals surface area (Å²) in [5.41, 5.74) is 10.4. The van der Waals surface area contributed by atoms with E-state index in [-0.39, 0.29) is 11.6 Å². The van der Waals surface area contributed by atoms with E-state index in [1.807, 2.05) is 43.4 Å². The molecule has 1 saturated carbocycles. The van der Waals surface area contributed by atoms with Crippen LogP contribution in [0, 0.1) is 5.41 Å². The number of amidine groups is 1. The topological polar surface area (TPSA) is 97.6 Å². The zero-order valence-corrected chi connectivity index (χ0v) is 17.3. The number of aryl methyl sites for hydroxylation is 1. The van der Waals surface area contributed by atoms with Gasteiger partial charge in [-0.2, -0.15) is 0 Å². The minimum Gasteiger partial charge on any atom is -0.384 e. The highest BCUT2D eigenvalue weighted by Crippen LogP contribution is 2.50. The van der Waals surface area contributed by atoms with Crippen LogP contribution in [0.3, 0.4) is 0 Å². The van der Waals surface area contributed by atoms with Gasteiger partial charge in [-0.25, -0.2) is 4.98 Å². The minimum absolute atomic E-state index is 0.0658. The standard InChI is InChI=1S/C25H23N5O/c1-30-21-10-9-18(25(11-12-25)23(31)19-4-2-3-13-28-19)15-20(21)29-22(30)14-16-5-7-17(8-6-16)24(26)27/h2-10,13,15H,11-12,14H2,1H3,(H3,26,27). The molecular weight excluding hydrogens is 386 g/mol. The summed E-state index contributed by atoms with van der Waals surface area (Å²) in [5.74, 6) is 1.11. The average Bonchev–Trinajstić information content (AvgIpc) is 3.55. The van der Waals surface area contributed by atoms with Crippen LogP contribution in [-0.2, 0) is 18.9 Å². The van der Waals surface area contributed by atoms with E-state index in [1.165, 1.54) is 0 Å². The highest BCUT2D eigenvalue weighted by atomic mass is 16.1. The van der Waals surface area contributed by atoms with Crippen molar-refractivity contribution in [2.45, 2.75) is 24.7 Å². The number of nitrogens with two attached hydrogens (primary N) is 1. The molecule has 1 aliphatic rings. The van der Waals surface area contributed by atoms with E-state index < -0.39 is 5.41 Å². The number of ketones is 1. The minimum atomic E-state index is -0.469. The molecule has 3 N–H and O–H groups in total. The number of nitrogen functional groups attached to an aromatic ring is 1. The van der Waals surface area contributed by atoms with Crippen molar-refractivity contribution >= 4 is 22.7 Å². The molecule has 2 aromatic carbocycles. The van der Waals surface area contributed by atoms with E-state index in [0.29, 0.717) is 17.7 Å². The predicted molar refractivity (Wildman–Crippen MR) is 120 cm³/mol. The fourth-order valence-corrected chi connectivity index (χ4v) is 4.20. The number of carbonyl (C=O) groups excluding carboxylic acids is 1.